The van der Waals surface area contributed by atoms with Crippen LogP contribution < -0.4 is 0 Å². The Balaban J connectivity index is 1.96. The third-order valence-corrected chi connectivity index (χ3v) is 3.96. The largest absolute Gasteiger partial charge is 0.388 e. The number of likely N-dealkylation sites (tertiary alicyclic amines) is 1. The topological polar surface area (TPSA) is 40.5 Å². The van der Waals surface area contributed by atoms with Gasteiger partial charge in [-0.3, -0.25) is 4.79 Å². The van der Waals surface area contributed by atoms with Gasteiger partial charge < -0.3 is 10.0 Å². The minimum absolute atomic E-state index is 0.191. The number of nitrogens with zero attached hydrogens (tertiary/aromatic N) is 1. The standard InChI is InChI=1S/C17H25NO2/c1-13(2)11-17(20)18-10-6-9-15(18)12-16(19)14-7-4-3-5-8-14/h3-5,7-8,13,15-16,19H,6,9-12H2,1-2H3/t15-,16-/m1/s1. The van der Waals surface area contributed by atoms with Gasteiger partial charge in [-0.15, -0.1) is 0 Å². The van der Waals surface area contributed by atoms with Crippen LogP contribution in [0.5, 0.6) is 0 Å². The zero-order chi connectivity index (χ0) is 14.5. The van der Waals surface area contributed by atoms with Gasteiger partial charge in [0.1, 0.15) is 0 Å². The molecule has 1 fully saturated rings. The SMILES string of the molecule is CC(C)CC(=O)N1CCC[C@@H]1C[C@@H](O)c1ccccc1. The summed E-state index contributed by atoms with van der Waals surface area (Å²) < 4.78 is 0. The number of carbonyl (C=O) groups is 1. The van der Waals surface area contributed by atoms with E-state index in [0.29, 0.717) is 18.8 Å². The number of hydrogen-bond donors (Lipinski definition) is 1. The van der Waals surface area contributed by atoms with Crippen molar-refractivity contribution in [3.63, 3.8) is 0 Å². The fraction of sp³-hybridized carbons (Fsp3) is 0.588. The second kappa shape index (κ2) is 6.89. The number of rotatable bonds is 5. The maximum atomic E-state index is 12.2. The number of benzene rings is 1. The van der Waals surface area contributed by atoms with E-state index in [1.807, 2.05) is 35.2 Å². The minimum Gasteiger partial charge on any atom is -0.388 e. The van der Waals surface area contributed by atoms with Crippen LogP contribution in [-0.4, -0.2) is 28.5 Å². The van der Waals surface area contributed by atoms with Crippen LogP contribution in [0.15, 0.2) is 30.3 Å². The van der Waals surface area contributed by atoms with E-state index in [-0.39, 0.29) is 11.9 Å². The van der Waals surface area contributed by atoms with E-state index in [1.54, 1.807) is 0 Å². The predicted octanol–water partition coefficient (Wildman–Crippen LogP) is 3.15. The molecular formula is C17H25NO2. The molecule has 3 heteroatoms. The summed E-state index contributed by atoms with van der Waals surface area (Å²) in [5, 5.41) is 10.3. The molecule has 1 aromatic carbocycles. The molecule has 1 heterocycles. The van der Waals surface area contributed by atoms with Crippen LogP contribution in [0, 0.1) is 5.92 Å². The maximum absolute atomic E-state index is 12.2. The highest BCUT2D eigenvalue weighted by molar-refractivity contribution is 5.77. The molecule has 0 bridgehead atoms. The molecule has 110 valence electrons. The summed E-state index contributed by atoms with van der Waals surface area (Å²) in [5.41, 5.74) is 0.940. The molecule has 2 rings (SSSR count). The smallest absolute Gasteiger partial charge is 0.223 e. The molecule has 0 spiro atoms. The average Bonchev–Trinajstić information content (AvgIpc) is 2.87. The van der Waals surface area contributed by atoms with Gasteiger partial charge in [-0.05, 0) is 30.7 Å². The second-order valence-electron chi connectivity index (χ2n) is 6.14. The van der Waals surface area contributed by atoms with Crippen molar-refractivity contribution < 1.29 is 9.90 Å². The molecule has 0 saturated carbocycles. The predicted molar refractivity (Wildman–Crippen MR) is 80.2 cm³/mol. The van der Waals surface area contributed by atoms with E-state index in [2.05, 4.69) is 13.8 Å². The van der Waals surface area contributed by atoms with E-state index in [4.69, 9.17) is 0 Å². The lowest BCUT2D eigenvalue weighted by molar-refractivity contribution is -0.133. The summed E-state index contributed by atoms with van der Waals surface area (Å²) in [6.45, 7) is 4.99. The first-order chi connectivity index (χ1) is 9.58. The summed E-state index contributed by atoms with van der Waals surface area (Å²) in [4.78, 5) is 14.2. The van der Waals surface area contributed by atoms with E-state index < -0.39 is 6.10 Å². The van der Waals surface area contributed by atoms with Gasteiger partial charge in [-0.2, -0.15) is 0 Å². The molecule has 0 aromatic heterocycles. The summed E-state index contributed by atoms with van der Waals surface area (Å²) in [6, 6.07) is 9.91. The fourth-order valence-corrected chi connectivity index (χ4v) is 2.94. The van der Waals surface area contributed by atoms with Crippen LogP contribution in [0.1, 0.15) is 51.2 Å². The molecule has 3 nitrogen and oxygen atoms in total. The van der Waals surface area contributed by atoms with Gasteiger partial charge >= 0.3 is 0 Å². The molecule has 0 aliphatic carbocycles. The van der Waals surface area contributed by atoms with Crippen molar-refractivity contribution >= 4 is 5.91 Å². The first-order valence-corrected chi connectivity index (χ1v) is 7.60. The average molecular weight is 275 g/mol. The van der Waals surface area contributed by atoms with Gasteiger partial charge in [-0.1, -0.05) is 44.2 Å². The van der Waals surface area contributed by atoms with E-state index in [0.717, 1.165) is 24.9 Å². The highest BCUT2D eigenvalue weighted by Gasteiger charge is 2.30. The molecule has 2 atom stereocenters. The van der Waals surface area contributed by atoms with Gasteiger partial charge in [0.15, 0.2) is 0 Å². The van der Waals surface area contributed by atoms with Crippen LogP contribution in [-0.2, 0) is 4.79 Å². The Hall–Kier alpha value is -1.35. The fourth-order valence-electron chi connectivity index (χ4n) is 2.94. The Morgan fingerprint density at radius 3 is 2.70 bits per heavy atom. The molecule has 0 unspecified atom stereocenters. The Bertz CT molecular complexity index is 430. The van der Waals surface area contributed by atoms with Crippen molar-refractivity contribution in [3.05, 3.63) is 35.9 Å². The highest BCUT2D eigenvalue weighted by Crippen LogP contribution is 2.28. The number of carbonyl (C=O) groups excluding carboxylic acids is 1. The molecule has 20 heavy (non-hydrogen) atoms. The maximum Gasteiger partial charge on any atom is 0.223 e. The molecule has 0 radical (unpaired) electrons. The molecule has 1 amide bonds. The first-order valence-electron chi connectivity index (χ1n) is 7.60. The lowest BCUT2D eigenvalue weighted by atomic mass is 10.00. The monoisotopic (exact) mass is 275 g/mol. The highest BCUT2D eigenvalue weighted by atomic mass is 16.3. The zero-order valence-electron chi connectivity index (χ0n) is 12.5. The van der Waals surface area contributed by atoms with Crippen LogP contribution in [0.4, 0.5) is 0 Å². The molecule has 1 saturated heterocycles. The van der Waals surface area contributed by atoms with Gasteiger partial charge in [0.05, 0.1) is 6.10 Å². The van der Waals surface area contributed by atoms with Gasteiger partial charge in [0.2, 0.25) is 5.91 Å². The van der Waals surface area contributed by atoms with Crippen molar-refractivity contribution in [1.82, 2.24) is 4.90 Å². The van der Waals surface area contributed by atoms with E-state index >= 15 is 0 Å². The Morgan fingerprint density at radius 2 is 2.05 bits per heavy atom. The van der Waals surface area contributed by atoms with Crippen molar-refractivity contribution in [2.24, 2.45) is 5.92 Å². The van der Waals surface area contributed by atoms with Crippen molar-refractivity contribution in [2.75, 3.05) is 6.54 Å². The third kappa shape index (κ3) is 3.83. The number of hydrogen-bond acceptors (Lipinski definition) is 2. The minimum atomic E-state index is -0.478. The number of amides is 1. The molecular weight excluding hydrogens is 250 g/mol. The van der Waals surface area contributed by atoms with Crippen LogP contribution in [0.3, 0.4) is 0 Å². The third-order valence-electron chi connectivity index (χ3n) is 3.96. The summed E-state index contributed by atoms with van der Waals surface area (Å²) in [6.07, 6.45) is 2.84. The first kappa shape index (κ1) is 15.0. The summed E-state index contributed by atoms with van der Waals surface area (Å²) in [7, 11) is 0. The molecule has 1 aromatic rings. The van der Waals surface area contributed by atoms with Crippen LogP contribution in [0.25, 0.3) is 0 Å². The van der Waals surface area contributed by atoms with Crippen molar-refractivity contribution in [2.45, 2.75) is 51.7 Å². The van der Waals surface area contributed by atoms with Crippen molar-refractivity contribution in [1.29, 1.82) is 0 Å². The molecule has 1 aliphatic rings. The Kier molecular flexibility index (Phi) is 5.18. The zero-order valence-corrected chi connectivity index (χ0v) is 12.5. The Labute approximate surface area is 121 Å². The summed E-state index contributed by atoms with van der Waals surface area (Å²) >= 11 is 0. The Morgan fingerprint density at radius 1 is 1.35 bits per heavy atom. The van der Waals surface area contributed by atoms with Gasteiger partial charge in [-0.25, -0.2) is 0 Å². The number of aliphatic hydroxyl groups is 1. The molecule has 1 N–H and O–H groups in total. The lowest BCUT2D eigenvalue weighted by Gasteiger charge is -2.27. The normalized spacial score (nSPS) is 20.4. The van der Waals surface area contributed by atoms with E-state index in [1.165, 1.54) is 0 Å². The van der Waals surface area contributed by atoms with E-state index in [9.17, 15) is 9.90 Å². The molecule has 1 aliphatic heterocycles. The second-order valence-corrected chi connectivity index (χ2v) is 6.14. The number of aliphatic hydroxyl groups excluding tert-OH is 1. The summed E-state index contributed by atoms with van der Waals surface area (Å²) in [5.74, 6) is 0.630. The van der Waals surface area contributed by atoms with Crippen molar-refractivity contribution in [3.8, 4) is 0 Å². The van der Waals surface area contributed by atoms with Crippen LogP contribution in [0.2, 0.25) is 0 Å². The van der Waals surface area contributed by atoms with Gasteiger partial charge in [0, 0.05) is 19.0 Å². The van der Waals surface area contributed by atoms with Crippen LogP contribution >= 0.6 is 0 Å². The quantitative estimate of drug-likeness (QED) is 0.896. The lowest BCUT2D eigenvalue weighted by Crippen LogP contribution is -2.37. The van der Waals surface area contributed by atoms with Gasteiger partial charge in [0.25, 0.3) is 0 Å².